The molecule has 6 nitrogen and oxygen atoms in total. The van der Waals surface area contributed by atoms with E-state index in [1.165, 1.54) is 7.11 Å². The zero-order valence-corrected chi connectivity index (χ0v) is 15.0. The zero-order chi connectivity index (χ0) is 18.9. The van der Waals surface area contributed by atoms with Crippen LogP contribution in [0.1, 0.15) is 51.4 Å². The van der Waals surface area contributed by atoms with E-state index in [0.29, 0.717) is 25.8 Å². The molecule has 2 aliphatic carbocycles. The number of nitrogens with one attached hydrogen (secondary N) is 2. The summed E-state index contributed by atoms with van der Waals surface area (Å²) in [6, 6.07) is -1.49. The van der Waals surface area contributed by atoms with E-state index >= 15 is 0 Å². The topological polar surface area (TPSA) is 84.5 Å². The van der Waals surface area contributed by atoms with Crippen molar-refractivity contribution in [2.75, 3.05) is 13.7 Å². The van der Waals surface area contributed by atoms with Crippen molar-refractivity contribution in [3.8, 4) is 0 Å². The highest BCUT2D eigenvalue weighted by molar-refractivity contribution is 5.89. The van der Waals surface area contributed by atoms with Crippen molar-refractivity contribution in [2.45, 2.75) is 69.4 Å². The summed E-state index contributed by atoms with van der Waals surface area (Å²) < 4.78 is 31.2. The summed E-state index contributed by atoms with van der Waals surface area (Å²) in [7, 11) is 1.24. The lowest BCUT2D eigenvalue weighted by molar-refractivity contribution is -0.154. The van der Waals surface area contributed by atoms with E-state index in [1.807, 2.05) is 0 Å². The maximum absolute atomic E-state index is 13.2. The van der Waals surface area contributed by atoms with Gasteiger partial charge in [-0.15, -0.1) is 0 Å². The number of halogens is 2. The first-order valence-electron chi connectivity index (χ1n) is 9.26. The Bertz CT molecular complexity index is 588. The van der Waals surface area contributed by atoms with E-state index in [0.717, 1.165) is 12.8 Å². The molecule has 1 heterocycles. The van der Waals surface area contributed by atoms with Crippen LogP contribution in [0.4, 0.5) is 8.78 Å². The van der Waals surface area contributed by atoms with Gasteiger partial charge < -0.3 is 15.4 Å². The average molecular weight is 372 g/mol. The highest BCUT2D eigenvalue weighted by Gasteiger charge is 2.59. The van der Waals surface area contributed by atoms with Gasteiger partial charge in [-0.1, -0.05) is 6.42 Å². The van der Waals surface area contributed by atoms with Gasteiger partial charge in [-0.05, 0) is 31.1 Å². The Morgan fingerprint density at radius 3 is 2.69 bits per heavy atom. The van der Waals surface area contributed by atoms with E-state index in [1.54, 1.807) is 0 Å². The average Bonchev–Trinajstić information content (AvgIpc) is 2.98. The summed E-state index contributed by atoms with van der Waals surface area (Å²) in [5, 5.41) is 5.67. The number of methoxy groups -OCH3 is 1. The predicted octanol–water partition coefficient (Wildman–Crippen LogP) is 1.57. The van der Waals surface area contributed by atoms with Gasteiger partial charge in [-0.25, -0.2) is 13.6 Å². The summed E-state index contributed by atoms with van der Waals surface area (Å²) in [6.07, 6.45) is 3.18. The first-order valence-corrected chi connectivity index (χ1v) is 9.26. The maximum Gasteiger partial charge on any atom is 0.328 e. The highest BCUT2D eigenvalue weighted by atomic mass is 19.3. The molecule has 146 valence electrons. The summed E-state index contributed by atoms with van der Waals surface area (Å²) in [4.78, 5) is 36.6. The minimum atomic E-state index is -2.64. The number of alkyl halides is 2. The highest BCUT2D eigenvalue weighted by Crippen LogP contribution is 2.56. The van der Waals surface area contributed by atoms with Gasteiger partial charge in [-0.3, -0.25) is 9.59 Å². The number of ketones is 1. The van der Waals surface area contributed by atoms with Gasteiger partial charge in [-0.2, -0.15) is 0 Å². The van der Waals surface area contributed by atoms with Gasteiger partial charge in [0.2, 0.25) is 11.8 Å². The lowest BCUT2D eigenvalue weighted by Gasteiger charge is -2.44. The molecule has 8 heteroatoms. The van der Waals surface area contributed by atoms with E-state index in [2.05, 4.69) is 10.6 Å². The standard InChI is InChI=1S/C18H26F2N2O4/c1-26-16(25)12(6-11-4-2-3-5-14(11)23)22-15(24)13-7-17(10-21-13)8-18(19,20)9-17/h11-13,21H,2-10H2,1H3,(H,22,24)/t11-,12-,13?/m0/s1. The summed E-state index contributed by atoms with van der Waals surface area (Å²) >= 11 is 0. The molecule has 1 spiro atoms. The molecular weight excluding hydrogens is 346 g/mol. The van der Waals surface area contributed by atoms with Crippen molar-refractivity contribution < 1.29 is 27.9 Å². The van der Waals surface area contributed by atoms with Crippen LogP contribution in [0.25, 0.3) is 0 Å². The smallest absolute Gasteiger partial charge is 0.328 e. The lowest BCUT2D eigenvalue weighted by Crippen LogP contribution is -2.50. The van der Waals surface area contributed by atoms with Crippen LogP contribution in [-0.4, -0.2) is 49.3 Å². The molecule has 3 atom stereocenters. The van der Waals surface area contributed by atoms with E-state index in [-0.39, 0.29) is 31.0 Å². The van der Waals surface area contributed by atoms with Crippen LogP contribution in [0.3, 0.4) is 0 Å². The largest absolute Gasteiger partial charge is 0.467 e. The Labute approximate surface area is 151 Å². The Balaban J connectivity index is 1.57. The van der Waals surface area contributed by atoms with Crippen molar-refractivity contribution in [3.05, 3.63) is 0 Å². The normalized spacial score (nSPS) is 30.5. The number of carbonyl (C=O) groups is 3. The van der Waals surface area contributed by atoms with Crippen molar-refractivity contribution in [3.63, 3.8) is 0 Å². The van der Waals surface area contributed by atoms with E-state index in [9.17, 15) is 23.2 Å². The van der Waals surface area contributed by atoms with Gasteiger partial charge in [0.05, 0.1) is 13.2 Å². The fraction of sp³-hybridized carbons (Fsp3) is 0.833. The number of ether oxygens (including phenoxy) is 1. The van der Waals surface area contributed by atoms with Gasteiger partial charge in [0.1, 0.15) is 11.8 Å². The quantitative estimate of drug-likeness (QED) is 0.716. The number of amides is 1. The Hall–Kier alpha value is -1.57. The number of Topliss-reactive ketones (excluding diaryl/α,β-unsaturated/α-hetero) is 1. The third kappa shape index (κ3) is 4.05. The SMILES string of the molecule is COC(=O)[C@H](C[C@@H]1CCCCC1=O)NC(=O)C1CC2(CN1)CC(F)(F)C2. The second-order valence-electron chi connectivity index (χ2n) is 8.08. The fourth-order valence-corrected chi connectivity index (χ4v) is 4.63. The number of hydrogen-bond donors (Lipinski definition) is 2. The second-order valence-corrected chi connectivity index (χ2v) is 8.08. The molecular formula is C18H26F2N2O4. The van der Waals surface area contributed by atoms with Crippen LogP contribution in [0.5, 0.6) is 0 Å². The van der Waals surface area contributed by atoms with Crippen LogP contribution >= 0.6 is 0 Å². The predicted molar refractivity (Wildman–Crippen MR) is 88.6 cm³/mol. The third-order valence-corrected chi connectivity index (χ3v) is 5.95. The van der Waals surface area contributed by atoms with Crippen molar-refractivity contribution in [1.82, 2.24) is 10.6 Å². The fourth-order valence-electron chi connectivity index (χ4n) is 4.63. The Morgan fingerprint density at radius 2 is 2.08 bits per heavy atom. The number of rotatable bonds is 5. The second kappa shape index (κ2) is 7.21. The molecule has 2 N–H and O–H groups in total. The first-order chi connectivity index (χ1) is 12.2. The molecule has 1 saturated heterocycles. The van der Waals surface area contributed by atoms with Crippen LogP contribution in [0, 0.1) is 11.3 Å². The lowest BCUT2D eigenvalue weighted by atomic mass is 9.65. The molecule has 26 heavy (non-hydrogen) atoms. The van der Waals surface area contributed by atoms with Crippen LogP contribution < -0.4 is 10.6 Å². The van der Waals surface area contributed by atoms with E-state index < -0.39 is 35.3 Å². The molecule has 1 aliphatic heterocycles. The van der Waals surface area contributed by atoms with Crippen molar-refractivity contribution in [2.24, 2.45) is 11.3 Å². The first kappa shape index (κ1) is 19.2. The zero-order valence-electron chi connectivity index (χ0n) is 15.0. The molecule has 0 aromatic rings. The molecule has 3 fully saturated rings. The molecule has 0 bridgehead atoms. The molecule has 1 amide bonds. The van der Waals surface area contributed by atoms with Gasteiger partial charge in [0.15, 0.2) is 0 Å². The molecule has 3 rings (SSSR count). The van der Waals surface area contributed by atoms with Gasteiger partial charge >= 0.3 is 5.97 Å². The minimum Gasteiger partial charge on any atom is -0.467 e. The maximum atomic E-state index is 13.2. The number of esters is 1. The van der Waals surface area contributed by atoms with Crippen molar-refractivity contribution in [1.29, 1.82) is 0 Å². The summed E-state index contributed by atoms with van der Waals surface area (Å²) in [5.74, 6) is -3.74. The number of hydrogen-bond acceptors (Lipinski definition) is 5. The van der Waals surface area contributed by atoms with Crippen LogP contribution in [-0.2, 0) is 19.1 Å². The Morgan fingerprint density at radius 1 is 1.35 bits per heavy atom. The van der Waals surface area contributed by atoms with Crippen LogP contribution in [0.2, 0.25) is 0 Å². The molecule has 2 saturated carbocycles. The van der Waals surface area contributed by atoms with Gasteiger partial charge in [0.25, 0.3) is 0 Å². The molecule has 1 unspecified atom stereocenters. The minimum absolute atomic E-state index is 0.119. The summed E-state index contributed by atoms with van der Waals surface area (Å²) in [5.41, 5.74) is -0.522. The molecule has 0 aromatic carbocycles. The summed E-state index contributed by atoms with van der Waals surface area (Å²) in [6.45, 7) is 0.380. The number of carbonyl (C=O) groups excluding carboxylic acids is 3. The van der Waals surface area contributed by atoms with Crippen molar-refractivity contribution >= 4 is 17.7 Å². The van der Waals surface area contributed by atoms with Crippen LogP contribution in [0.15, 0.2) is 0 Å². The van der Waals surface area contributed by atoms with E-state index in [4.69, 9.17) is 4.74 Å². The monoisotopic (exact) mass is 372 g/mol. The third-order valence-electron chi connectivity index (χ3n) is 5.95. The molecule has 0 aromatic heterocycles. The molecule has 3 aliphatic rings. The van der Waals surface area contributed by atoms with Gasteiger partial charge in [0, 0.05) is 31.7 Å². The Kier molecular flexibility index (Phi) is 5.33. The molecule has 0 radical (unpaired) electrons.